The van der Waals surface area contributed by atoms with Gasteiger partial charge in [0.05, 0.1) is 0 Å². The van der Waals surface area contributed by atoms with Crippen LogP contribution in [-0.4, -0.2) is 30.1 Å². The maximum Gasteiger partial charge on any atom is 0.123 e. The van der Waals surface area contributed by atoms with E-state index < -0.39 is 0 Å². The minimum atomic E-state index is -0.171. The van der Waals surface area contributed by atoms with Gasteiger partial charge in [0.1, 0.15) is 5.82 Å². The summed E-state index contributed by atoms with van der Waals surface area (Å²) in [6, 6.07) is 6.88. The molecule has 0 fully saturated rings. The highest BCUT2D eigenvalue weighted by Crippen LogP contribution is 2.23. The third kappa shape index (κ3) is 5.08. The van der Waals surface area contributed by atoms with Crippen molar-refractivity contribution in [3.8, 4) is 0 Å². The fourth-order valence-electron chi connectivity index (χ4n) is 2.99. The van der Waals surface area contributed by atoms with E-state index in [0.717, 1.165) is 25.1 Å². The van der Waals surface area contributed by atoms with E-state index in [9.17, 15) is 4.39 Å². The fourth-order valence-corrected chi connectivity index (χ4v) is 2.99. The molecular formula is C18H31FN2. The van der Waals surface area contributed by atoms with Gasteiger partial charge in [0.2, 0.25) is 0 Å². The van der Waals surface area contributed by atoms with Gasteiger partial charge >= 0.3 is 0 Å². The molecule has 3 heteroatoms. The molecule has 1 rings (SSSR count). The van der Waals surface area contributed by atoms with Crippen LogP contribution in [0.15, 0.2) is 24.3 Å². The van der Waals surface area contributed by atoms with Crippen LogP contribution >= 0.6 is 0 Å². The summed E-state index contributed by atoms with van der Waals surface area (Å²) in [4.78, 5) is 2.47. The Bertz CT molecular complexity index is 417. The van der Waals surface area contributed by atoms with E-state index in [4.69, 9.17) is 5.73 Å². The lowest BCUT2D eigenvalue weighted by molar-refractivity contribution is 0.0936. The van der Waals surface area contributed by atoms with Crippen LogP contribution in [-0.2, 0) is 6.42 Å². The van der Waals surface area contributed by atoms with Crippen LogP contribution in [0.4, 0.5) is 4.39 Å². The van der Waals surface area contributed by atoms with Gasteiger partial charge in [-0.25, -0.2) is 4.39 Å². The summed E-state index contributed by atoms with van der Waals surface area (Å²) < 4.78 is 13.4. The number of hydrogen-bond donors (Lipinski definition) is 1. The Hall–Kier alpha value is -0.930. The van der Waals surface area contributed by atoms with Crippen molar-refractivity contribution in [2.24, 2.45) is 11.7 Å². The number of halogens is 1. The van der Waals surface area contributed by atoms with E-state index in [1.807, 2.05) is 6.07 Å². The fraction of sp³-hybridized carbons (Fsp3) is 0.667. The average Bonchev–Trinajstić information content (AvgIpc) is 2.48. The van der Waals surface area contributed by atoms with Gasteiger partial charge in [-0.05, 0) is 43.5 Å². The van der Waals surface area contributed by atoms with E-state index in [1.165, 1.54) is 18.9 Å². The molecule has 0 aliphatic carbocycles. The summed E-state index contributed by atoms with van der Waals surface area (Å²) in [6.45, 7) is 11.5. The molecule has 0 saturated carbocycles. The lowest BCUT2D eigenvalue weighted by atomic mass is 9.89. The normalized spacial score (nSPS) is 14.7. The number of nitrogens with two attached hydrogens (primary N) is 1. The van der Waals surface area contributed by atoms with Crippen molar-refractivity contribution in [1.29, 1.82) is 0 Å². The average molecular weight is 294 g/mol. The molecule has 1 aromatic rings. The van der Waals surface area contributed by atoms with Gasteiger partial charge in [-0.2, -0.15) is 0 Å². The molecule has 2 nitrogen and oxygen atoms in total. The summed E-state index contributed by atoms with van der Waals surface area (Å²) in [7, 11) is 0. The van der Waals surface area contributed by atoms with Crippen molar-refractivity contribution in [2.75, 3.05) is 19.6 Å². The summed E-state index contributed by atoms with van der Waals surface area (Å²) in [5.74, 6) is 0.526. The second-order valence-electron chi connectivity index (χ2n) is 6.23. The molecule has 0 aliphatic rings. The van der Waals surface area contributed by atoms with Crippen LogP contribution in [0.2, 0.25) is 0 Å². The van der Waals surface area contributed by atoms with Gasteiger partial charge in [-0.1, -0.05) is 45.7 Å². The number of rotatable bonds is 9. The summed E-state index contributed by atoms with van der Waals surface area (Å²) in [5.41, 5.74) is 6.99. The molecule has 0 radical (unpaired) electrons. The van der Waals surface area contributed by atoms with E-state index >= 15 is 0 Å². The van der Waals surface area contributed by atoms with Gasteiger partial charge in [0.25, 0.3) is 0 Å². The van der Waals surface area contributed by atoms with Crippen LogP contribution in [0.5, 0.6) is 0 Å². The SMILES string of the molecule is CCC(CC)CN(CC)C(C)(CN)Cc1cccc(F)c1. The standard InChI is InChI=1S/C18H31FN2/c1-5-15(6-2)13-21(7-3)18(4,14-20)12-16-9-8-10-17(19)11-16/h8-11,15H,5-7,12-14,20H2,1-4H3. The van der Waals surface area contributed by atoms with E-state index in [1.54, 1.807) is 12.1 Å². The second-order valence-corrected chi connectivity index (χ2v) is 6.23. The van der Waals surface area contributed by atoms with Gasteiger partial charge in [-0.3, -0.25) is 4.90 Å². The zero-order valence-corrected chi connectivity index (χ0v) is 14.0. The van der Waals surface area contributed by atoms with Gasteiger partial charge in [0, 0.05) is 18.6 Å². The predicted molar refractivity (Wildman–Crippen MR) is 88.9 cm³/mol. The Balaban J connectivity index is 2.89. The van der Waals surface area contributed by atoms with Crippen LogP contribution in [0, 0.1) is 11.7 Å². The lowest BCUT2D eigenvalue weighted by Crippen LogP contribution is -2.54. The first-order valence-electron chi connectivity index (χ1n) is 8.18. The highest BCUT2D eigenvalue weighted by Gasteiger charge is 2.30. The van der Waals surface area contributed by atoms with Crippen LogP contribution in [0.25, 0.3) is 0 Å². The molecule has 0 spiro atoms. The monoisotopic (exact) mass is 294 g/mol. The van der Waals surface area contributed by atoms with E-state index in [2.05, 4.69) is 32.6 Å². The smallest absolute Gasteiger partial charge is 0.123 e. The molecule has 0 bridgehead atoms. The van der Waals surface area contributed by atoms with Gasteiger partial charge < -0.3 is 5.73 Å². The van der Waals surface area contributed by atoms with E-state index in [-0.39, 0.29) is 11.4 Å². The Morgan fingerprint density at radius 3 is 2.38 bits per heavy atom. The van der Waals surface area contributed by atoms with Crippen molar-refractivity contribution in [2.45, 2.75) is 52.5 Å². The minimum Gasteiger partial charge on any atom is -0.329 e. The highest BCUT2D eigenvalue weighted by molar-refractivity contribution is 5.19. The molecular weight excluding hydrogens is 263 g/mol. The Kier molecular flexibility index (Phi) is 7.33. The molecule has 1 aromatic carbocycles. The molecule has 0 amide bonds. The zero-order valence-electron chi connectivity index (χ0n) is 14.0. The van der Waals surface area contributed by atoms with Crippen molar-refractivity contribution in [3.63, 3.8) is 0 Å². The number of hydrogen-bond acceptors (Lipinski definition) is 2. The first kappa shape index (κ1) is 18.1. The Labute approximate surface area is 129 Å². The molecule has 21 heavy (non-hydrogen) atoms. The second kappa shape index (κ2) is 8.50. The molecule has 1 unspecified atom stereocenters. The Morgan fingerprint density at radius 2 is 1.90 bits per heavy atom. The largest absolute Gasteiger partial charge is 0.329 e. The molecule has 0 aromatic heterocycles. The molecule has 0 heterocycles. The number of likely N-dealkylation sites (N-methyl/N-ethyl adjacent to an activating group) is 1. The van der Waals surface area contributed by atoms with E-state index in [0.29, 0.717) is 12.5 Å². The Morgan fingerprint density at radius 1 is 1.24 bits per heavy atom. The minimum absolute atomic E-state index is 0.120. The lowest BCUT2D eigenvalue weighted by Gasteiger charge is -2.42. The first-order chi connectivity index (χ1) is 9.98. The third-order valence-corrected chi connectivity index (χ3v) is 4.69. The van der Waals surface area contributed by atoms with Crippen molar-refractivity contribution < 1.29 is 4.39 Å². The molecule has 0 saturated heterocycles. The number of nitrogens with zero attached hydrogens (tertiary/aromatic N) is 1. The summed E-state index contributed by atoms with van der Waals surface area (Å²) in [5, 5.41) is 0. The van der Waals surface area contributed by atoms with Crippen LogP contribution in [0.1, 0.15) is 46.1 Å². The maximum absolute atomic E-state index is 13.4. The van der Waals surface area contributed by atoms with Crippen LogP contribution < -0.4 is 5.73 Å². The van der Waals surface area contributed by atoms with Crippen molar-refractivity contribution >= 4 is 0 Å². The van der Waals surface area contributed by atoms with Gasteiger partial charge in [0.15, 0.2) is 0 Å². The highest BCUT2D eigenvalue weighted by atomic mass is 19.1. The summed E-state index contributed by atoms with van der Waals surface area (Å²) in [6.07, 6.45) is 3.16. The molecule has 0 aliphatic heterocycles. The third-order valence-electron chi connectivity index (χ3n) is 4.69. The molecule has 2 N–H and O–H groups in total. The molecule has 120 valence electrons. The number of benzene rings is 1. The van der Waals surface area contributed by atoms with Crippen molar-refractivity contribution in [1.82, 2.24) is 4.90 Å². The van der Waals surface area contributed by atoms with Crippen LogP contribution in [0.3, 0.4) is 0 Å². The van der Waals surface area contributed by atoms with Crippen molar-refractivity contribution in [3.05, 3.63) is 35.6 Å². The zero-order chi connectivity index (χ0) is 15.9. The topological polar surface area (TPSA) is 29.3 Å². The maximum atomic E-state index is 13.4. The molecule has 1 atom stereocenters. The van der Waals surface area contributed by atoms with Gasteiger partial charge in [-0.15, -0.1) is 0 Å². The first-order valence-corrected chi connectivity index (χ1v) is 8.18. The summed E-state index contributed by atoms with van der Waals surface area (Å²) >= 11 is 0. The quantitative estimate of drug-likeness (QED) is 0.749. The predicted octanol–water partition coefficient (Wildman–Crippen LogP) is 3.84.